The summed E-state index contributed by atoms with van der Waals surface area (Å²) in [5, 5.41) is 6.50. The molecule has 0 aliphatic carbocycles. The minimum Gasteiger partial charge on any atom is -0.370 e. The number of para-hydroxylation sites is 1. The van der Waals surface area contributed by atoms with Crippen molar-refractivity contribution in [1.82, 2.24) is 10.3 Å². The van der Waals surface area contributed by atoms with E-state index < -0.39 is 0 Å². The maximum atomic E-state index is 5.88. The number of H-pyrrole nitrogens is 1. The van der Waals surface area contributed by atoms with E-state index in [2.05, 4.69) is 57.1 Å². The van der Waals surface area contributed by atoms with Gasteiger partial charge in [0, 0.05) is 42.0 Å². The van der Waals surface area contributed by atoms with Crippen LogP contribution in [0.25, 0.3) is 10.9 Å². The average Bonchev–Trinajstić information content (AvgIpc) is 3.15. The number of benzene rings is 1. The summed E-state index contributed by atoms with van der Waals surface area (Å²) in [6.45, 7) is 1.51. The summed E-state index contributed by atoms with van der Waals surface area (Å²) in [7, 11) is 0. The zero-order valence-electron chi connectivity index (χ0n) is 12.4. The highest BCUT2D eigenvalue weighted by Crippen LogP contribution is 2.14. The van der Waals surface area contributed by atoms with Crippen LogP contribution in [-0.2, 0) is 12.8 Å². The lowest BCUT2D eigenvalue weighted by atomic mass is 10.2. The van der Waals surface area contributed by atoms with Crippen LogP contribution < -0.4 is 11.1 Å². The molecule has 0 aliphatic heterocycles. The number of fused-ring (bicyclic) bond motifs is 1. The molecule has 0 spiro atoms. The molecule has 0 fully saturated rings. The van der Waals surface area contributed by atoms with Crippen LogP contribution in [0.3, 0.4) is 0 Å². The monoisotopic (exact) mass is 312 g/mol. The van der Waals surface area contributed by atoms with Gasteiger partial charge >= 0.3 is 0 Å². The van der Waals surface area contributed by atoms with Crippen LogP contribution in [0.15, 0.2) is 52.8 Å². The summed E-state index contributed by atoms with van der Waals surface area (Å²) >= 11 is 1.76. The predicted molar refractivity (Wildman–Crippen MR) is 94.5 cm³/mol. The Morgan fingerprint density at radius 1 is 1.18 bits per heavy atom. The fraction of sp³-hybridized carbons (Fsp3) is 0.235. The van der Waals surface area contributed by atoms with E-state index in [1.165, 1.54) is 21.5 Å². The Balaban J connectivity index is 1.43. The van der Waals surface area contributed by atoms with Gasteiger partial charge in [0.15, 0.2) is 5.96 Å². The Hall–Kier alpha value is -2.27. The first kappa shape index (κ1) is 14.7. The van der Waals surface area contributed by atoms with Crippen LogP contribution in [-0.4, -0.2) is 24.0 Å². The Morgan fingerprint density at radius 2 is 2.09 bits per heavy atom. The van der Waals surface area contributed by atoms with Crippen LogP contribution in [0.2, 0.25) is 0 Å². The fourth-order valence-corrected chi connectivity index (χ4v) is 3.09. The van der Waals surface area contributed by atoms with Crippen molar-refractivity contribution >= 4 is 28.2 Å². The summed E-state index contributed by atoms with van der Waals surface area (Å²) in [6, 6.07) is 14.7. The molecule has 2 aromatic heterocycles. The molecule has 4 nitrogen and oxygen atoms in total. The minimum absolute atomic E-state index is 0.521. The first-order valence-electron chi connectivity index (χ1n) is 7.44. The molecule has 22 heavy (non-hydrogen) atoms. The van der Waals surface area contributed by atoms with Gasteiger partial charge in [-0.15, -0.1) is 11.3 Å². The van der Waals surface area contributed by atoms with E-state index in [0.29, 0.717) is 5.96 Å². The summed E-state index contributed by atoms with van der Waals surface area (Å²) < 4.78 is 0. The molecule has 0 radical (unpaired) electrons. The number of nitrogens with two attached hydrogens (primary N) is 1. The molecule has 0 saturated heterocycles. The van der Waals surface area contributed by atoms with Crippen molar-refractivity contribution in [2.24, 2.45) is 10.7 Å². The van der Waals surface area contributed by atoms with Gasteiger partial charge in [0.1, 0.15) is 0 Å². The molecule has 3 rings (SSSR count). The Morgan fingerprint density at radius 3 is 2.91 bits per heavy atom. The molecule has 2 heterocycles. The molecule has 1 aromatic carbocycles. The SMILES string of the molecule is NC(=NCCc1cccs1)NCCc1cc2ccccc2[nH]1. The van der Waals surface area contributed by atoms with Crippen LogP contribution in [0, 0.1) is 0 Å². The zero-order chi connectivity index (χ0) is 15.2. The molecule has 0 atom stereocenters. The van der Waals surface area contributed by atoms with E-state index in [0.717, 1.165) is 25.9 Å². The van der Waals surface area contributed by atoms with Crippen molar-refractivity contribution in [2.75, 3.05) is 13.1 Å². The van der Waals surface area contributed by atoms with Crippen molar-refractivity contribution in [3.05, 3.63) is 58.4 Å². The largest absolute Gasteiger partial charge is 0.370 e. The van der Waals surface area contributed by atoms with E-state index in [4.69, 9.17) is 5.73 Å². The highest BCUT2D eigenvalue weighted by molar-refractivity contribution is 7.09. The lowest BCUT2D eigenvalue weighted by Crippen LogP contribution is -2.33. The second-order valence-corrected chi connectivity index (χ2v) is 6.19. The summed E-state index contributed by atoms with van der Waals surface area (Å²) in [6.07, 6.45) is 1.85. The number of aliphatic imine (C=N–C) groups is 1. The lowest BCUT2D eigenvalue weighted by molar-refractivity contribution is 0.832. The molecule has 0 aliphatic rings. The highest BCUT2D eigenvalue weighted by Gasteiger charge is 2.00. The molecule has 0 saturated carbocycles. The zero-order valence-corrected chi connectivity index (χ0v) is 13.2. The first-order chi connectivity index (χ1) is 10.8. The topological polar surface area (TPSA) is 66.2 Å². The van der Waals surface area contributed by atoms with E-state index in [-0.39, 0.29) is 0 Å². The van der Waals surface area contributed by atoms with Gasteiger partial charge < -0.3 is 16.0 Å². The molecule has 3 aromatic rings. The number of thiophene rings is 1. The van der Waals surface area contributed by atoms with Crippen molar-refractivity contribution < 1.29 is 0 Å². The highest BCUT2D eigenvalue weighted by atomic mass is 32.1. The summed E-state index contributed by atoms with van der Waals surface area (Å²) in [5.74, 6) is 0.521. The quantitative estimate of drug-likeness (QED) is 0.484. The van der Waals surface area contributed by atoms with E-state index in [1.807, 2.05) is 6.07 Å². The Kier molecular flexibility index (Phi) is 4.75. The van der Waals surface area contributed by atoms with Crippen molar-refractivity contribution in [1.29, 1.82) is 0 Å². The van der Waals surface area contributed by atoms with E-state index >= 15 is 0 Å². The van der Waals surface area contributed by atoms with Gasteiger partial charge in [-0.05, 0) is 29.0 Å². The number of nitrogens with zero attached hydrogens (tertiary/aromatic N) is 1. The third kappa shape index (κ3) is 3.89. The minimum atomic E-state index is 0.521. The van der Waals surface area contributed by atoms with Crippen LogP contribution in [0.4, 0.5) is 0 Å². The molecular weight excluding hydrogens is 292 g/mol. The number of hydrogen-bond acceptors (Lipinski definition) is 2. The Labute approximate surface area is 134 Å². The number of guanidine groups is 1. The van der Waals surface area contributed by atoms with E-state index in [9.17, 15) is 0 Å². The first-order valence-corrected chi connectivity index (χ1v) is 8.32. The lowest BCUT2D eigenvalue weighted by Gasteiger charge is -2.04. The molecule has 0 amide bonds. The van der Waals surface area contributed by atoms with Gasteiger partial charge in [-0.2, -0.15) is 0 Å². The van der Waals surface area contributed by atoms with Crippen molar-refractivity contribution in [3.63, 3.8) is 0 Å². The standard InChI is InChI=1S/C17H20N4S/c18-17(20-10-8-15-5-3-11-22-15)19-9-7-14-12-13-4-1-2-6-16(13)21-14/h1-6,11-12,21H,7-10H2,(H3,18,19,20). The smallest absolute Gasteiger partial charge is 0.188 e. The Bertz CT molecular complexity index is 710. The number of hydrogen-bond donors (Lipinski definition) is 3. The van der Waals surface area contributed by atoms with Gasteiger partial charge in [0.05, 0.1) is 0 Å². The molecule has 0 unspecified atom stereocenters. The van der Waals surface area contributed by atoms with Gasteiger partial charge in [-0.3, -0.25) is 4.99 Å². The van der Waals surface area contributed by atoms with E-state index in [1.54, 1.807) is 11.3 Å². The predicted octanol–water partition coefficient (Wildman–Crippen LogP) is 2.92. The number of aromatic amines is 1. The number of nitrogens with one attached hydrogen (secondary N) is 2. The van der Waals surface area contributed by atoms with Crippen molar-refractivity contribution in [2.45, 2.75) is 12.8 Å². The third-order valence-corrected chi connectivity index (χ3v) is 4.44. The van der Waals surface area contributed by atoms with Gasteiger partial charge in [-0.25, -0.2) is 0 Å². The molecular formula is C17H20N4S. The number of aromatic nitrogens is 1. The maximum Gasteiger partial charge on any atom is 0.188 e. The molecule has 0 bridgehead atoms. The summed E-state index contributed by atoms with van der Waals surface area (Å²) in [4.78, 5) is 9.11. The second kappa shape index (κ2) is 7.13. The van der Waals surface area contributed by atoms with Crippen LogP contribution >= 0.6 is 11.3 Å². The molecule has 4 N–H and O–H groups in total. The summed E-state index contributed by atoms with van der Waals surface area (Å²) in [5.41, 5.74) is 8.27. The number of rotatable bonds is 6. The molecule has 114 valence electrons. The van der Waals surface area contributed by atoms with Crippen LogP contribution in [0.5, 0.6) is 0 Å². The van der Waals surface area contributed by atoms with Gasteiger partial charge in [0.25, 0.3) is 0 Å². The maximum absolute atomic E-state index is 5.88. The second-order valence-electron chi connectivity index (χ2n) is 5.15. The van der Waals surface area contributed by atoms with Crippen molar-refractivity contribution in [3.8, 4) is 0 Å². The van der Waals surface area contributed by atoms with Gasteiger partial charge in [0.2, 0.25) is 0 Å². The van der Waals surface area contributed by atoms with Gasteiger partial charge in [-0.1, -0.05) is 24.3 Å². The average molecular weight is 312 g/mol. The molecule has 5 heteroatoms. The van der Waals surface area contributed by atoms with Crippen LogP contribution in [0.1, 0.15) is 10.6 Å². The third-order valence-electron chi connectivity index (χ3n) is 3.51. The fourth-order valence-electron chi connectivity index (χ4n) is 2.39. The normalized spacial score (nSPS) is 11.9.